The molecule has 3 N–H and O–H groups in total. The fraction of sp³-hybridized carbons (Fsp3) is 0.414. The van der Waals surface area contributed by atoms with Crippen LogP contribution in [0.5, 0.6) is 0 Å². The van der Waals surface area contributed by atoms with E-state index in [4.69, 9.17) is 34.6 Å². The Bertz CT molecular complexity index is 1460. The number of nitrogens with one attached hydrogen (secondary N) is 2. The van der Waals surface area contributed by atoms with Gasteiger partial charge in [0.1, 0.15) is 24.3 Å². The second kappa shape index (κ2) is 18.0. The molecule has 16 heteroatoms. The highest BCUT2D eigenvalue weighted by Crippen LogP contribution is 2.49. The predicted octanol–water partition coefficient (Wildman–Crippen LogP) is 5.36. The second-order valence-corrected chi connectivity index (χ2v) is 11.6. The van der Waals surface area contributed by atoms with Gasteiger partial charge in [-0.2, -0.15) is 0 Å². The Hall–Kier alpha value is -3.36. The van der Waals surface area contributed by atoms with Crippen molar-refractivity contribution < 1.29 is 46.7 Å². The number of anilines is 1. The summed E-state index contributed by atoms with van der Waals surface area (Å²) >= 11 is 5.99. The van der Waals surface area contributed by atoms with Crippen LogP contribution >= 0.6 is 19.4 Å². The molecule has 0 fully saturated rings. The van der Waals surface area contributed by atoms with Gasteiger partial charge in [-0.05, 0) is 36.9 Å². The first kappa shape index (κ1) is 36.1. The van der Waals surface area contributed by atoms with Crippen LogP contribution in [0.2, 0.25) is 5.02 Å². The Morgan fingerprint density at radius 2 is 1.73 bits per heavy atom. The highest BCUT2D eigenvalue weighted by molar-refractivity contribution is 7.48. The zero-order valence-electron chi connectivity index (χ0n) is 25.1. The minimum absolute atomic E-state index is 0.0713. The number of ether oxygens (including phenoxy) is 2. The molecule has 2 unspecified atom stereocenters. The molecule has 13 nitrogen and oxygen atoms in total. The maximum Gasteiger partial charge on any atom is 0.474 e. The van der Waals surface area contributed by atoms with Crippen molar-refractivity contribution in [2.24, 2.45) is 0 Å². The number of aliphatic hydroxyl groups excluding tert-OH is 1. The van der Waals surface area contributed by atoms with E-state index in [-0.39, 0.29) is 50.4 Å². The number of amides is 3. The molecule has 3 aromatic rings. The van der Waals surface area contributed by atoms with Gasteiger partial charge in [0.15, 0.2) is 0 Å². The van der Waals surface area contributed by atoms with Gasteiger partial charge in [0, 0.05) is 25.2 Å². The van der Waals surface area contributed by atoms with Gasteiger partial charge in [-0.15, -0.1) is 0 Å². The normalized spacial score (nSPS) is 12.8. The van der Waals surface area contributed by atoms with Crippen LogP contribution in [0.3, 0.4) is 0 Å². The molecular weight excluding hydrogens is 634 g/mol. The van der Waals surface area contributed by atoms with Gasteiger partial charge in [0.05, 0.1) is 44.1 Å². The molecule has 0 aliphatic heterocycles. The minimum atomic E-state index is -3.84. The molecule has 2 aromatic carbocycles. The fourth-order valence-corrected chi connectivity index (χ4v) is 5.28. The number of nitrogens with zero attached hydrogens (tertiary/aromatic N) is 2. The lowest BCUT2D eigenvalue weighted by Crippen LogP contribution is -2.48. The van der Waals surface area contributed by atoms with Gasteiger partial charge in [-0.1, -0.05) is 48.0 Å². The van der Waals surface area contributed by atoms with E-state index in [9.17, 15) is 23.7 Å². The van der Waals surface area contributed by atoms with E-state index >= 15 is 0 Å². The number of benzene rings is 2. The standard InChI is InChI=1S/C29H37ClFN4O9P/c1-4-42-45(39,43-5-2)44-19-24(36)18-40-16-23(35(3)28(37)33-15-22-11-8-12-25(31)27(22)30)17-41-29(38)34-26-13-20-9-6-7-10-21(20)14-32-26/h6-14,23-24,36H,4-5,15-19H2,1-3H3,(H,33,37)(H,32,34,38). The molecular formula is C29H37ClFN4O9P. The number of fused-ring (bicyclic) bond motifs is 1. The molecule has 1 aromatic heterocycles. The van der Waals surface area contributed by atoms with Crippen molar-refractivity contribution in [1.29, 1.82) is 0 Å². The van der Waals surface area contributed by atoms with Crippen LogP contribution in [0, 0.1) is 5.82 Å². The molecule has 0 aliphatic rings. The highest BCUT2D eigenvalue weighted by Gasteiger charge is 2.27. The Morgan fingerprint density at radius 1 is 1.02 bits per heavy atom. The van der Waals surface area contributed by atoms with Gasteiger partial charge in [0.2, 0.25) is 0 Å². The number of phosphoric acid groups is 1. The van der Waals surface area contributed by atoms with E-state index in [0.29, 0.717) is 5.56 Å². The molecule has 3 rings (SSSR count). The first-order valence-corrected chi connectivity index (χ1v) is 15.9. The van der Waals surface area contributed by atoms with E-state index in [1.54, 1.807) is 32.2 Å². The quantitative estimate of drug-likeness (QED) is 0.160. The lowest BCUT2D eigenvalue weighted by atomic mass is 10.2. The number of rotatable bonds is 17. The molecule has 2 atom stereocenters. The summed E-state index contributed by atoms with van der Waals surface area (Å²) in [5.74, 6) is -0.353. The molecule has 0 bridgehead atoms. The van der Waals surface area contributed by atoms with Gasteiger partial charge in [-0.25, -0.2) is 23.5 Å². The largest absolute Gasteiger partial charge is 0.474 e. The van der Waals surface area contributed by atoms with Gasteiger partial charge >= 0.3 is 19.9 Å². The molecule has 0 spiro atoms. The number of urea groups is 1. The van der Waals surface area contributed by atoms with Crippen molar-refractivity contribution in [1.82, 2.24) is 15.2 Å². The summed E-state index contributed by atoms with van der Waals surface area (Å²) in [5.41, 5.74) is 0.365. The second-order valence-electron chi connectivity index (χ2n) is 9.55. The van der Waals surface area contributed by atoms with Crippen LogP contribution in [-0.2, 0) is 34.2 Å². The van der Waals surface area contributed by atoms with Crippen molar-refractivity contribution in [2.45, 2.75) is 32.5 Å². The fourth-order valence-electron chi connectivity index (χ4n) is 3.88. The average Bonchev–Trinajstić information content (AvgIpc) is 3.02. The smallest absolute Gasteiger partial charge is 0.447 e. The molecule has 246 valence electrons. The molecule has 0 aliphatic carbocycles. The van der Waals surface area contributed by atoms with Crippen LogP contribution in [0.15, 0.2) is 54.7 Å². The third-order valence-electron chi connectivity index (χ3n) is 6.22. The Balaban J connectivity index is 1.60. The molecule has 3 amide bonds. The zero-order chi connectivity index (χ0) is 32.8. The molecule has 0 radical (unpaired) electrons. The van der Waals surface area contributed by atoms with E-state index < -0.39 is 44.5 Å². The lowest BCUT2D eigenvalue weighted by molar-refractivity contribution is -0.0183. The average molecular weight is 671 g/mol. The number of halogens is 2. The third-order valence-corrected chi connectivity index (χ3v) is 8.25. The number of pyridine rings is 1. The summed E-state index contributed by atoms with van der Waals surface area (Å²) in [4.78, 5) is 31.0. The highest BCUT2D eigenvalue weighted by atomic mass is 35.5. The van der Waals surface area contributed by atoms with Crippen LogP contribution in [0.1, 0.15) is 19.4 Å². The Kier molecular flexibility index (Phi) is 14.4. The van der Waals surface area contributed by atoms with Crippen molar-refractivity contribution in [3.05, 3.63) is 71.1 Å². The van der Waals surface area contributed by atoms with Crippen LogP contribution in [-0.4, -0.2) is 85.9 Å². The SMILES string of the molecule is CCOP(=O)(OCC)OCC(O)COCC(COC(=O)Nc1cc2ccccc2cn1)N(C)C(=O)NCc1cccc(F)c1Cl. The summed E-state index contributed by atoms with van der Waals surface area (Å²) in [5, 5.41) is 17.1. The Morgan fingerprint density at radius 3 is 2.44 bits per heavy atom. The zero-order valence-corrected chi connectivity index (χ0v) is 26.8. The number of aromatic nitrogens is 1. The number of aliphatic hydroxyl groups is 1. The van der Waals surface area contributed by atoms with Gasteiger partial charge in [0.25, 0.3) is 0 Å². The van der Waals surface area contributed by atoms with E-state index in [1.165, 1.54) is 24.1 Å². The van der Waals surface area contributed by atoms with Crippen molar-refractivity contribution in [3.63, 3.8) is 0 Å². The maximum atomic E-state index is 13.8. The summed E-state index contributed by atoms with van der Waals surface area (Å²) < 4.78 is 52.4. The molecule has 0 saturated heterocycles. The molecule has 1 heterocycles. The number of likely N-dealkylation sites (N-methyl/N-ethyl adjacent to an activating group) is 1. The van der Waals surface area contributed by atoms with Crippen LogP contribution in [0.25, 0.3) is 10.8 Å². The van der Waals surface area contributed by atoms with Crippen molar-refractivity contribution in [2.75, 3.05) is 52.0 Å². The first-order valence-electron chi connectivity index (χ1n) is 14.1. The number of carbonyl (C=O) groups is 2. The van der Waals surface area contributed by atoms with Gasteiger partial charge < -0.3 is 24.8 Å². The minimum Gasteiger partial charge on any atom is -0.447 e. The summed E-state index contributed by atoms with van der Waals surface area (Å²) in [6.07, 6.45) is -0.433. The van der Waals surface area contributed by atoms with Gasteiger partial charge in [-0.3, -0.25) is 18.9 Å². The lowest BCUT2D eigenvalue weighted by Gasteiger charge is -2.28. The van der Waals surface area contributed by atoms with E-state index in [2.05, 4.69) is 15.6 Å². The predicted molar refractivity (Wildman–Crippen MR) is 166 cm³/mol. The topological polar surface area (TPSA) is 158 Å². The summed E-state index contributed by atoms with van der Waals surface area (Å²) in [6, 6.07) is 12.0. The number of carbonyl (C=O) groups excluding carboxylic acids is 2. The first-order chi connectivity index (χ1) is 21.5. The number of hydrogen-bond donors (Lipinski definition) is 3. The third kappa shape index (κ3) is 11.5. The van der Waals surface area contributed by atoms with Crippen molar-refractivity contribution in [3.8, 4) is 0 Å². The van der Waals surface area contributed by atoms with E-state index in [0.717, 1.165) is 10.8 Å². The number of hydrogen-bond acceptors (Lipinski definition) is 10. The Labute approximate surface area is 265 Å². The monoisotopic (exact) mass is 670 g/mol. The maximum absolute atomic E-state index is 13.8. The summed E-state index contributed by atoms with van der Waals surface area (Å²) in [6.45, 7) is 2.15. The van der Waals surface area contributed by atoms with Crippen molar-refractivity contribution >= 4 is 48.1 Å². The van der Waals surface area contributed by atoms with Crippen LogP contribution < -0.4 is 10.6 Å². The van der Waals surface area contributed by atoms with Crippen LogP contribution in [0.4, 0.5) is 19.8 Å². The number of phosphoric ester groups is 1. The van der Waals surface area contributed by atoms with E-state index in [1.807, 2.05) is 24.3 Å². The molecule has 45 heavy (non-hydrogen) atoms. The summed E-state index contributed by atoms with van der Waals surface area (Å²) in [7, 11) is -2.39. The molecule has 0 saturated carbocycles.